The van der Waals surface area contributed by atoms with Gasteiger partial charge in [0.05, 0.1) is 11.6 Å². The molecule has 0 aliphatic carbocycles. The van der Waals surface area contributed by atoms with Crippen molar-refractivity contribution in [1.82, 2.24) is 0 Å². The first-order valence-corrected chi connectivity index (χ1v) is 6.95. The van der Waals surface area contributed by atoms with Crippen molar-refractivity contribution in [3.05, 3.63) is 29.8 Å². The normalized spacial score (nSPS) is 22.0. The molecule has 1 aromatic rings. The summed E-state index contributed by atoms with van der Waals surface area (Å²) in [5.41, 5.74) is 2.00. The molecular formula is C16H22N2O. The van der Waals surface area contributed by atoms with Crippen LogP contribution in [0.5, 0.6) is 0 Å². The Morgan fingerprint density at radius 1 is 1.37 bits per heavy atom. The van der Waals surface area contributed by atoms with Crippen molar-refractivity contribution in [3.63, 3.8) is 0 Å². The van der Waals surface area contributed by atoms with Crippen LogP contribution in [0.25, 0.3) is 0 Å². The fourth-order valence-corrected chi connectivity index (χ4v) is 3.16. The molecule has 0 radical (unpaired) electrons. The molecule has 0 aromatic heterocycles. The summed E-state index contributed by atoms with van der Waals surface area (Å²) in [4.78, 5) is 2.42. The van der Waals surface area contributed by atoms with Crippen LogP contribution in [0.4, 0.5) is 5.69 Å². The summed E-state index contributed by atoms with van der Waals surface area (Å²) in [6.45, 7) is 5.82. The molecule has 0 saturated carbocycles. The Morgan fingerprint density at radius 3 is 2.58 bits per heavy atom. The van der Waals surface area contributed by atoms with Crippen LogP contribution in [0.1, 0.15) is 38.7 Å². The second kappa shape index (κ2) is 5.63. The molecule has 3 heteroatoms. The number of nitriles is 1. The Hall–Kier alpha value is -1.53. The third-order valence-electron chi connectivity index (χ3n) is 4.13. The number of aliphatic hydroxyl groups excluding tert-OH is 1. The van der Waals surface area contributed by atoms with Crippen LogP contribution >= 0.6 is 0 Å². The van der Waals surface area contributed by atoms with Crippen molar-refractivity contribution in [3.8, 4) is 6.07 Å². The van der Waals surface area contributed by atoms with Crippen LogP contribution < -0.4 is 4.90 Å². The van der Waals surface area contributed by atoms with Crippen molar-refractivity contribution in [2.45, 2.75) is 38.6 Å². The van der Waals surface area contributed by atoms with E-state index in [4.69, 9.17) is 10.4 Å². The second-order valence-corrected chi connectivity index (χ2v) is 5.99. The SMILES string of the molecule is CC1(C)CC(CCO)CCN1c1ccc(C#N)cc1. The van der Waals surface area contributed by atoms with Gasteiger partial charge in [0.15, 0.2) is 0 Å². The molecule has 1 N–H and O–H groups in total. The summed E-state index contributed by atoms with van der Waals surface area (Å²) in [7, 11) is 0. The number of rotatable bonds is 3. The van der Waals surface area contributed by atoms with Gasteiger partial charge in [0, 0.05) is 24.4 Å². The molecule has 1 atom stereocenters. The monoisotopic (exact) mass is 258 g/mol. The lowest BCUT2D eigenvalue weighted by Gasteiger charge is -2.47. The lowest BCUT2D eigenvalue weighted by Crippen LogP contribution is -2.50. The molecule has 1 aliphatic heterocycles. The summed E-state index contributed by atoms with van der Waals surface area (Å²) >= 11 is 0. The molecule has 102 valence electrons. The highest BCUT2D eigenvalue weighted by atomic mass is 16.3. The predicted octanol–water partition coefficient (Wildman–Crippen LogP) is 2.94. The Labute approximate surface area is 115 Å². The smallest absolute Gasteiger partial charge is 0.0991 e. The molecule has 0 amide bonds. The molecule has 1 saturated heterocycles. The lowest BCUT2D eigenvalue weighted by molar-refractivity contribution is 0.205. The van der Waals surface area contributed by atoms with E-state index in [0.29, 0.717) is 11.5 Å². The summed E-state index contributed by atoms with van der Waals surface area (Å²) < 4.78 is 0. The number of benzene rings is 1. The minimum atomic E-state index is 0.103. The van der Waals surface area contributed by atoms with Gasteiger partial charge < -0.3 is 10.0 Å². The third-order valence-corrected chi connectivity index (χ3v) is 4.13. The predicted molar refractivity (Wildman–Crippen MR) is 77.0 cm³/mol. The zero-order chi connectivity index (χ0) is 13.9. The largest absolute Gasteiger partial charge is 0.396 e. The molecule has 1 heterocycles. The number of piperidine rings is 1. The molecule has 2 rings (SSSR count). The van der Waals surface area contributed by atoms with Crippen molar-refractivity contribution < 1.29 is 5.11 Å². The van der Waals surface area contributed by atoms with Gasteiger partial charge in [0.2, 0.25) is 0 Å². The Kier molecular flexibility index (Phi) is 4.11. The van der Waals surface area contributed by atoms with Crippen LogP contribution in [-0.4, -0.2) is 23.8 Å². The Bertz CT molecular complexity index is 459. The van der Waals surface area contributed by atoms with E-state index in [-0.39, 0.29) is 12.1 Å². The van der Waals surface area contributed by atoms with Gasteiger partial charge >= 0.3 is 0 Å². The van der Waals surface area contributed by atoms with E-state index >= 15 is 0 Å². The first-order chi connectivity index (χ1) is 9.06. The van der Waals surface area contributed by atoms with Crippen molar-refractivity contribution in [2.75, 3.05) is 18.1 Å². The standard InChI is InChI=1S/C16H22N2O/c1-16(2)11-13(8-10-19)7-9-18(16)15-5-3-14(12-17)4-6-15/h3-6,13,19H,7-11H2,1-2H3. The lowest BCUT2D eigenvalue weighted by atomic mass is 9.81. The molecule has 1 aromatic carbocycles. The van der Waals surface area contributed by atoms with E-state index in [0.717, 1.165) is 25.8 Å². The zero-order valence-corrected chi connectivity index (χ0v) is 11.8. The van der Waals surface area contributed by atoms with Gasteiger partial charge in [-0.2, -0.15) is 5.26 Å². The first kappa shape index (κ1) is 13.9. The van der Waals surface area contributed by atoms with E-state index < -0.39 is 0 Å². The molecule has 1 fully saturated rings. The van der Waals surface area contributed by atoms with E-state index in [2.05, 4.69) is 24.8 Å². The van der Waals surface area contributed by atoms with Crippen LogP contribution in [0.15, 0.2) is 24.3 Å². The minimum absolute atomic E-state index is 0.103. The maximum absolute atomic E-state index is 9.09. The highest BCUT2D eigenvalue weighted by molar-refractivity contribution is 5.52. The number of hydrogen-bond donors (Lipinski definition) is 1. The fraction of sp³-hybridized carbons (Fsp3) is 0.562. The van der Waals surface area contributed by atoms with Gasteiger partial charge in [-0.1, -0.05) is 0 Å². The molecular weight excluding hydrogens is 236 g/mol. The minimum Gasteiger partial charge on any atom is -0.396 e. The van der Waals surface area contributed by atoms with Crippen LogP contribution in [0.2, 0.25) is 0 Å². The third kappa shape index (κ3) is 3.08. The highest BCUT2D eigenvalue weighted by Crippen LogP contribution is 2.36. The van der Waals surface area contributed by atoms with Gasteiger partial charge in [-0.15, -0.1) is 0 Å². The molecule has 3 nitrogen and oxygen atoms in total. The second-order valence-electron chi connectivity index (χ2n) is 5.99. The Balaban J connectivity index is 2.14. The van der Waals surface area contributed by atoms with Gasteiger partial charge in [0.25, 0.3) is 0 Å². The topological polar surface area (TPSA) is 47.3 Å². The van der Waals surface area contributed by atoms with Crippen LogP contribution in [0, 0.1) is 17.2 Å². The molecule has 1 aliphatic rings. The average Bonchev–Trinajstić information content (AvgIpc) is 2.38. The van der Waals surface area contributed by atoms with Gasteiger partial charge in [-0.3, -0.25) is 0 Å². The van der Waals surface area contributed by atoms with Gasteiger partial charge in [-0.25, -0.2) is 0 Å². The summed E-state index contributed by atoms with van der Waals surface area (Å²) in [5.74, 6) is 0.620. The average molecular weight is 258 g/mol. The van der Waals surface area contributed by atoms with E-state index in [1.807, 2.05) is 24.3 Å². The van der Waals surface area contributed by atoms with Gasteiger partial charge in [-0.05, 0) is 63.3 Å². The van der Waals surface area contributed by atoms with E-state index in [1.54, 1.807) is 0 Å². The van der Waals surface area contributed by atoms with Crippen molar-refractivity contribution in [1.29, 1.82) is 5.26 Å². The maximum atomic E-state index is 9.09. The van der Waals surface area contributed by atoms with Crippen LogP contribution in [0.3, 0.4) is 0 Å². The first-order valence-electron chi connectivity index (χ1n) is 6.95. The van der Waals surface area contributed by atoms with Crippen molar-refractivity contribution >= 4 is 5.69 Å². The molecule has 19 heavy (non-hydrogen) atoms. The highest BCUT2D eigenvalue weighted by Gasteiger charge is 2.34. The zero-order valence-electron chi connectivity index (χ0n) is 11.8. The maximum Gasteiger partial charge on any atom is 0.0991 e. The quantitative estimate of drug-likeness (QED) is 0.906. The number of anilines is 1. The Morgan fingerprint density at radius 2 is 2.05 bits per heavy atom. The fourth-order valence-electron chi connectivity index (χ4n) is 3.16. The molecule has 0 spiro atoms. The van der Waals surface area contributed by atoms with E-state index in [1.165, 1.54) is 5.69 Å². The number of nitrogens with zero attached hydrogens (tertiary/aromatic N) is 2. The molecule has 1 unspecified atom stereocenters. The number of aliphatic hydroxyl groups is 1. The van der Waals surface area contributed by atoms with E-state index in [9.17, 15) is 0 Å². The summed E-state index contributed by atoms with van der Waals surface area (Å²) in [5, 5.41) is 17.9. The molecule has 0 bridgehead atoms. The van der Waals surface area contributed by atoms with Gasteiger partial charge in [0.1, 0.15) is 0 Å². The summed E-state index contributed by atoms with van der Waals surface area (Å²) in [6.07, 6.45) is 3.14. The van der Waals surface area contributed by atoms with Crippen LogP contribution in [-0.2, 0) is 0 Å². The van der Waals surface area contributed by atoms with Crippen molar-refractivity contribution in [2.24, 2.45) is 5.92 Å². The number of hydrogen-bond acceptors (Lipinski definition) is 3. The summed E-state index contributed by atoms with van der Waals surface area (Å²) in [6, 6.07) is 9.98.